The summed E-state index contributed by atoms with van der Waals surface area (Å²) in [6.07, 6.45) is 3.51. The fraction of sp³-hybridized carbons (Fsp3) is 0.588. The van der Waals surface area contributed by atoms with E-state index in [4.69, 9.17) is 0 Å². The first-order valence-corrected chi connectivity index (χ1v) is 9.88. The van der Waals surface area contributed by atoms with E-state index in [1.807, 2.05) is 13.8 Å². The van der Waals surface area contributed by atoms with E-state index in [2.05, 4.69) is 5.32 Å². The van der Waals surface area contributed by atoms with Crippen LogP contribution in [0.25, 0.3) is 0 Å². The Morgan fingerprint density at radius 1 is 1.42 bits per heavy atom. The number of amides is 1. The van der Waals surface area contributed by atoms with Gasteiger partial charge in [-0.2, -0.15) is 4.31 Å². The molecule has 1 atom stereocenters. The highest BCUT2D eigenvalue weighted by Crippen LogP contribution is 2.24. The first-order valence-electron chi connectivity index (χ1n) is 8.44. The van der Waals surface area contributed by atoms with Gasteiger partial charge in [-0.05, 0) is 43.4 Å². The summed E-state index contributed by atoms with van der Waals surface area (Å²) in [5.74, 6) is -0.995. The molecule has 0 spiro atoms. The zero-order chi connectivity index (χ0) is 17.7. The van der Waals surface area contributed by atoms with Crippen molar-refractivity contribution in [2.24, 2.45) is 5.92 Å². The maximum atomic E-state index is 14.0. The van der Waals surface area contributed by atoms with E-state index in [-0.39, 0.29) is 10.5 Å². The molecule has 1 fully saturated rings. The van der Waals surface area contributed by atoms with Crippen molar-refractivity contribution in [3.8, 4) is 0 Å². The van der Waals surface area contributed by atoms with Gasteiger partial charge in [0.2, 0.25) is 10.0 Å². The fourth-order valence-corrected chi connectivity index (χ4v) is 4.45. The number of benzene rings is 1. The molecular weight excluding hydrogens is 331 g/mol. The lowest BCUT2D eigenvalue weighted by Crippen LogP contribution is -2.39. The summed E-state index contributed by atoms with van der Waals surface area (Å²) >= 11 is 0. The maximum absolute atomic E-state index is 14.0. The van der Waals surface area contributed by atoms with Crippen molar-refractivity contribution in [2.75, 3.05) is 19.6 Å². The minimum atomic E-state index is -3.71. The number of hydrogen-bond donors (Lipinski definition) is 1. The second-order valence-electron chi connectivity index (χ2n) is 6.36. The molecule has 1 aliphatic heterocycles. The van der Waals surface area contributed by atoms with Crippen molar-refractivity contribution in [2.45, 2.75) is 44.4 Å². The molecule has 1 amide bonds. The van der Waals surface area contributed by atoms with Crippen LogP contribution in [0, 0.1) is 11.7 Å². The van der Waals surface area contributed by atoms with E-state index in [1.165, 1.54) is 10.4 Å². The van der Waals surface area contributed by atoms with Gasteiger partial charge in [0.15, 0.2) is 0 Å². The number of nitrogens with zero attached hydrogens (tertiary/aromatic N) is 1. The highest BCUT2D eigenvalue weighted by molar-refractivity contribution is 7.89. The predicted molar refractivity (Wildman–Crippen MR) is 90.8 cm³/mol. The van der Waals surface area contributed by atoms with Crippen LogP contribution in [0.4, 0.5) is 4.39 Å². The molecule has 24 heavy (non-hydrogen) atoms. The highest BCUT2D eigenvalue weighted by atomic mass is 32.2. The van der Waals surface area contributed by atoms with Crippen LogP contribution < -0.4 is 5.32 Å². The molecule has 0 aliphatic carbocycles. The van der Waals surface area contributed by atoms with Gasteiger partial charge in [0, 0.05) is 19.6 Å². The quantitative estimate of drug-likeness (QED) is 0.797. The number of hydrogen-bond acceptors (Lipinski definition) is 3. The Kier molecular flexibility index (Phi) is 6.34. The molecule has 1 heterocycles. The van der Waals surface area contributed by atoms with E-state index in [9.17, 15) is 17.6 Å². The lowest BCUT2D eigenvalue weighted by atomic mass is 10.0. The number of carbonyl (C=O) groups excluding carboxylic acids is 1. The van der Waals surface area contributed by atoms with Crippen LogP contribution in [0.15, 0.2) is 23.1 Å². The molecule has 1 saturated heterocycles. The van der Waals surface area contributed by atoms with E-state index in [0.717, 1.165) is 37.8 Å². The van der Waals surface area contributed by atoms with Crippen molar-refractivity contribution in [1.82, 2.24) is 9.62 Å². The Morgan fingerprint density at radius 2 is 2.17 bits per heavy atom. The number of rotatable bonds is 6. The summed E-state index contributed by atoms with van der Waals surface area (Å²) < 4.78 is 40.9. The third-order valence-electron chi connectivity index (χ3n) is 4.26. The topological polar surface area (TPSA) is 66.5 Å². The Morgan fingerprint density at radius 3 is 2.83 bits per heavy atom. The van der Waals surface area contributed by atoms with Crippen LogP contribution in [0.5, 0.6) is 0 Å². The minimum Gasteiger partial charge on any atom is -0.352 e. The number of nitrogens with one attached hydrogen (secondary N) is 1. The van der Waals surface area contributed by atoms with Crippen LogP contribution in [-0.4, -0.2) is 38.3 Å². The van der Waals surface area contributed by atoms with Gasteiger partial charge in [0.05, 0.1) is 10.5 Å². The van der Waals surface area contributed by atoms with Crippen LogP contribution in [0.1, 0.15) is 49.9 Å². The number of halogens is 1. The van der Waals surface area contributed by atoms with Crippen molar-refractivity contribution >= 4 is 15.9 Å². The molecule has 2 rings (SSSR count). The molecule has 0 aromatic heterocycles. The summed E-state index contributed by atoms with van der Waals surface area (Å²) in [5, 5.41) is 2.62. The van der Waals surface area contributed by atoms with Gasteiger partial charge in [0.25, 0.3) is 5.91 Å². The molecule has 7 heteroatoms. The second-order valence-corrected chi connectivity index (χ2v) is 8.30. The summed E-state index contributed by atoms with van der Waals surface area (Å²) in [6.45, 7) is 5.35. The van der Waals surface area contributed by atoms with E-state index < -0.39 is 21.7 Å². The Hall–Kier alpha value is -1.47. The maximum Gasteiger partial charge on any atom is 0.254 e. The lowest BCUT2D eigenvalue weighted by molar-refractivity contribution is 0.0949. The van der Waals surface area contributed by atoms with Gasteiger partial charge in [0.1, 0.15) is 5.82 Å². The Balaban J connectivity index is 2.24. The summed E-state index contributed by atoms with van der Waals surface area (Å²) in [5.41, 5.74) is -0.225. The molecular formula is C17H25FN2O3S. The Bertz CT molecular complexity index is 691. The number of piperidine rings is 1. The summed E-state index contributed by atoms with van der Waals surface area (Å²) in [7, 11) is -3.71. The molecule has 5 nitrogen and oxygen atoms in total. The largest absolute Gasteiger partial charge is 0.352 e. The van der Waals surface area contributed by atoms with Gasteiger partial charge < -0.3 is 5.32 Å². The third-order valence-corrected chi connectivity index (χ3v) is 6.12. The van der Waals surface area contributed by atoms with Gasteiger partial charge in [-0.1, -0.05) is 20.3 Å². The van der Waals surface area contributed by atoms with Crippen molar-refractivity contribution in [1.29, 1.82) is 0 Å². The van der Waals surface area contributed by atoms with Gasteiger partial charge >= 0.3 is 0 Å². The van der Waals surface area contributed by atoms with E-state index >= 15 is 0 Å². The molecule has 1 aromatic carbocycles. The monoisotopic (exact) mass is 356 g/mol. The molecule has 0 bridgehead atoms. The van der Waals surface area contributed by atoms with E-state index in [0.29, 0.717) is 25.6 Å². The standard InChI is InChI=1S/C17H25FN2O3S/c1-3-4-9-19-17(21)15-11-14(7-8-16(15)18)24(22,23)20-10-5-6-13(2)12-20/h7-8,11,13H,3-6,9-10,12H2,1-2H3,(H,19,21)/t13-/m0/s1. The smallest absolute Gasteiger partial charge is 0.254 e. The highest BCUT2D eigenvalue weighted by Gasteiger charge is 2.29. The van der Waals surface area contributed by atoms with Gasteiger partial charge in [-0.3, -0.25) is 4.79 Å². The molecule has 1 aliphatic rings. The van der Waals surface area contributed by atoms with E-state index in [1.54, 1.807) is 0 Å². The van der Waals surface area contributed by atoms with Gasteiger partial charge in [-0.15, -0.1) is 0 Å². The normalized spacial score (nSPS) is 19.2. The molecule has 1 N–H and O–H groups in total. The lowest BCUT2D eigenvalue weighted by Gasteiger charge is -2.30. The molecule has 1 aromatic rings. The van der Waals surface area contributed by atoms with Crippen LogP contribution in [0.3, 0.4) is 0 Å². The average molecular weight is 356 g/mol. The summed E-state index contributed by atoms with van der Waals surface area (Å²) in [6, 6.07) is 3.42. The molecule has 0 saturated carbocycles. The van der Waals surface area contributed by atoms with Crippen molar-refractivity contribution < 1.29 is 17.6 Å². The fourth-order valence-electron chi connectivity index (χ4n) is 2.83. The zero-order valence-corrected chi connectivity index (χ0v) is 15.0. The average Bonchev–Trinajstić information content (AvgIpc) is 2.55. The van der Waals surface area contributed by atoms with Gasteiger partial charge in [-0.25, -0.2) is 12.8 Å². The van der Waals surface area contributed by atoms with Crippen LogP contribution in [-0.2, 0) is 10.0 Å². The van der Waals surface area contributed by atoms with Crippen LogP contribution in [0.2, 0.25) is 0 Å². The number of unbranched alkanes of at least 4 members (excludes halogenated alkanes) is 1. The van der Waals surface area contributed by atoms with Crippen molar-refractivity contribution in [3.05, 3.63) is 29.6 Å². The third kappa shape index (κ3) is 4.33. The molecule has 134 valence electrons. The molecule has 0 radical (unpaired) electrons. The number of carbonyl (C=O) groups is 1. The second kappa shape index (κ2) is 8.07. The predicted octanol–water partition coefficient (Wildman–Crippen LogP) is 2.78. The zero-order valence-electron chi connectivity index (χ0n) is 14.2. The first kappa shape index (κ1) is 18.9. The number of sulfonamides is 1. The SMILES string of the molecule is CCCCNC(=O)c1cc(S(=O)(=O)N2CCC[C@H](C)C2)ccc1F. The van der Waals surface area contributed by atoms with Crippen LogP contribution >= 0.6 is 0 Å². The Labute approximate surface area is 143 Å². The summed E-state index contributed by atoms with van der Waals surface area (Å²) in [4.78, 5) is 12.1. The molecule has 0 unspecified atom stereocenters. The van der Waals surface area contributed by atoms with Crippen molar-refractivity contribution in [3.63, 3.8) is 0 Å². The first-order chi connectivity index (χ1) is 11.4. The minimum absolute atomic E-state index is 0.0290.